The number of carbonyl (C=O) groups excluding carboxylic acids is 2. The number of aliphatic carboxylic acids is 1. The smallest absolute Gasteiger partial charge is 0.339 e. The Bertz CT molecular complexity index is 1710. The van der Waals surface area contributed by atoms with E-state index in [9.17, 15) is 49.6 Å². The van der Waals surface area contributed by atoms with Crippen LogP contribution in [0.5, 0.6) is 5.75 Å². The van der Waals surface area contributed by atoms with Crippen LogP contribution in [0.1, 0.15) is 40.9 Å². The van der Waals surface area contributed by atoms with Gasteiger partial charge in [0.1, 0.15) is 17.2 Å². The standard InChI is InChI=1S/C16H13NO6.C16H15NO6/c1-10(18)23-15-12(3-2-4-14(15)16(19)20)9-11-5-7-13(8-6-11)17(21)22;1-11(18)16(9-3-2-4-14(16)15(19)20)23-10-12-5-7-13(8-6-12)17(21)22/h2-8H,9H2,1H3,(H,19,20);2-9,14H,10H2,1H3,(H,19,20). The van der Waals surface area contributed by atoms with Gasteiger partial charge in [0.15, 0.2) is 11.4 Å². The molecule has 0 aliphatic heterocycles. The summed E-state index contributed by atoms with van der Waals surface area (Å²) in [5.74, 6) is -4.54. The van der Waals surface area contributed by atoms with Gasteiger partial charge in [-0.1, -0.05) is 42.5 Å². The largest absolute Gasteiger partial charge is 0.481 e. The van der Waals surface area contributed by atoms with Crippen molar-refractivity contribution in [3.8, 4) is 5.75 Å². The van der Waals surface area contributed by atoms with Gasteiger partial charge in [-0.25, -0.2) is 4.79 Å². The molecule has 0 bridgehead atoms. The maximum absolute atomic E-state index is 12.0. The van der Waals surface area contributed by atoms with Crippen LogP contribution in [0.15, 0.2) is 91.0 Å². The minimum Gasteiger partial charge on any atom is -0.481 e. The summed E-state index contributed by atoms with van der Waals surface area (Å²) in [6.07, 6.45) is 6.23. The Morgan fingerprint density at radius 3 is 1.87 bits per heavy atom. The first-order valence-electron chi connectivity index (χ1n) is 13.5. The van der Waals surface area contributed by atoms with Gasteiger partial charge in [-0.05, 0) is 42.3 Å². The van der Waals surface area contributed by atoms with Crippen LogP contribution in [0, 0.1) is 26.1 Å². The molecular weight excluding hydrogens is 604 g/mol. The van der Waals surface area contributed by atoms with Gasteiger partial charge < -0.3 is 19.7 Å². The fraction of sp³-hybridized carbons (Fsp3) is 0.188. The second-order valence-corrected chi connectivity index (χ2v) is 9.91. The summed E-state index contributed by atoms with van der Waals surface area (Å²) in [6.45, 7) is 2.42. The maximum atomic E-state index is 12.0. The minimum absolute atomic E-state index is 0.00847. The Balaban J connectivity index is 0.000000250. The van der Waals surface area contributed by atoms with E-state index in [1.807, 2.05) is 0 Å². The highest BCUT2D eigenvalue weighted by atomic mass is 16.6. The topological polar surface area (TPSA) is 213 Å². The number of allylic oxidation sites excluding steroid dienone is 2. The molecule has 4 rings (SSSR count). The predicted molar refractivity (Wildman–Crippen MR) is 161 cm³/mol. The second kappa shape index (κ2) is 15.1. The third-order valence-corrected chi connectivity index (χ3v) is 6.78. The molecule has 0 heterocycles. The Kier molecular flexibility index (Phi) is 11.3. The van der Waals surface area contributed by atoms with E-state index < -0.39 is 45.1 Å². The molecule has 2 atom stereocenters. The Labute approximate surface area is 261 Å². The van der Waals surface area contributed by atoms with Crippen LogP contribution in [0.3, 0.4) is 0 Å². The third kappa shape index (κ3) is 8.54. The van der Waals surface area contributed by atoms with Crippen molar-refractivity contribution in [3.05, 3.63) is 134 Å². The summed E-state index contributed by atoms with van der Waals surface area (Å²) in [6, 6.07) is 16.1. The molecule has 14 heteroatoms. The van der Waals surface area contributed by atoms with Crippen LogP contribution in [-0.2, 0) is 32.1 Å². The van der Waals surface area contributed by atoms with Gasteiger partial charge in [0, 0.05) is 43.2 Å². The van der Waals surface area contributed by atoms with E-state index in [0.717, 1.165) is 5.56 Å². The van der Waals surface area contributed by atoms with Crippen molar-refractivity contribution in [2.24, 2.45) is 5.92 Å². The normalized spacial score (nSPS) is 16.4. The summed E-state index contributed by atoms with van der Waals surface area (Å²) in [5, 5.41) is 39.8. The zero-order valence-electron chi connectivity index (χ0n) is 24.5. The molecule has 0 spiro atoms. The number of aromatic carboxylic acids is 1. The first-order valence-corrected chi connectivity index (χ1v) is 13.5. The lowest BCUT2D eigenvalue weighted by atomic mass is 9.80. The second-order valence-electron chi connectivity index (χ2n) is 9.91. The summed E-state index contributed by atoms with van der Waals surface area (Å²) in [5.41, 5.74) is 0.0538. The van der Waals surface area contributed by atoms with Gasteiger partial charge in [-0.3, -0.25) is 34.6 Å². The van der Waals surface area contributed by atoms with Crippen molar-refractivity contribution >= 4 is 35.1 Å². The monoisotopic (exact) mass is 632 g/mol. The molecular formula is C32H28N2O12. The van der Waals surface area contributed by atoms with Crippen LogP contribution >= 0.6 is 0 Å². The van der Waals surface area contributed by atoms with Crippen LogP contribution in [0.4, 0.5) is 11.4 Å². The highest BCUT2D eigenvalue weighted by Crippen LogP contribution is 2.32. The fourth-order valence-corrected chi connectivity index (χ4v) is 4.49. The van der Waals surface area contributed by atoms with Gasteiger partial charge >= 0.3 is 17.9 Å². The molecule has 238 valence electrons. The van der Waals surface area contributed by atoms with Gasteiger partial charge in [0.2, 0.25) is 0 Å². The number of para-hydroxylation sites is 1. The number of nitro benzene ring substituents is 2. The number of non-ortho nitro benzene ring substituents is 2. The van der Waals surface area contributed by atoms with Crippen molar-refractivity contribution in [2.45, 2.75) is 32.5 Å². The summed E-state index contributed by atoms with van der Waals surface area (Å²) < 4.78 is 10.7. The average Bonchev–Trinajstić information content (AvgIpc) is 3.01. The molecule has 1 aliphatic carbocycles. The van der Waals surface area contributed by atoms with Crippen molar-refractivity contribution < 1.29 is 48.7 Å². The Morgan fingerprint density at radius 1 is 0.826 bits per heavy atom. The molecule has 0 saturated heterocycles. The Hall–Kier alpha value is -6.02. The number of hydrogen-bond acceptors (Lipinski definition) is 10. The molecule has 3 aromatic rings. The van der Waals surface area contributed by atoms with E-state index in [-0.39, 0.29) is 35.7 Å². The van der Waals surface area contributed by atoms with E-state index in [1.54, 1.807) is 36.4 Å². The molecule has 0 amide bonds. The van der Waals surface area contributed by atoms with E-state index in [0.29, 0.717) is 11.1 Å². The number of hydrogen-bond donors (Lipinski definition) is 2. The number of carboxylic acid groups (broad SMARTS) is 2. The van der Waals surface area contributed by atoms with Crippen molar-refractivity contribution in [3.63, 3.8) is 0 Å². The van der Waals surface area contributed by atoms with E-state index >= 15 is 0 Å². The lowest BCUT2D eigenvalue weighted by molar-refractivity contribution is -0.385. The third-order valence-electron chi connectivity index (χ3n) is 6.78. The van der Waals surface area contributed by atoms with Gasteiger partial charge in [0.25, 0.3) is 11.4 Å². The molecule has 0 saturated carbocycles. The molecule has 2 N–H and O–H groups in total. The quantitative estimate of drug-likeness (QED) is 0.123. The summed E-state index contributed by atoms with van der Waals surface area (Å²) in [4.78, 5) is 66.2. The summed E-state index contributed by atoms with van der Waals surface area (Å²) in [7, 11) is 0. The number of carboxylic acids is 2. The lowest BCUT2D eigenvalue weighted by Gasteiger charge is -2.33. The number of esters is 1. The molecule has 0 fully saturated rings. The number of Topliss-reactive ketones (excluding diaryl/α,β-unsaturated/α-hetero) is 1. The zero-order chi connectivity index (χ0) is 34.0. The number of benzene rings is 3. The molecule has 3 aromatic carbocycles. The fourth-order valence-electron chi connectivity index (χ4n) is 4.49. The number of carbonyl (C=O) groups is 4. The van der Waals surface area contributed by atoms with Gasteiger partial charge in [-0.2, -0.15) is 0 Å². The highest BCUT2D eigenvalue weighted by Gasteiger charge is 2.46. The molecule has 2 unspecified atom stereocenters. The van der Waals surface area contributed by atoms with Crippen molar-refractivity contribution in [1.29, 1.82) is 0 Å². The number of nitro groups is 2. The van der Waals surface area contributed by atoms with Crippen molar-refractivity contribution in [2.75, 3.05) is 0 Å². The number of ketones is 1. The average molecular weight is 633 g/mol. The highest BCUT2D eigenvalue weighted by molar-refractivity contribution is 5.94. The zero-order valence-corrected chi connectivity index (χ0v) is 24.5. The number of ether oxygens (including phenoxy) is 2. The lowest BCUT2D eigenvalue weighted by Crippen LogP contribution is -2.49. The SMILES string of the molecule is CC(=O)C1(OCc2ccc([N+](=O)[O-])cc2)C=CC=CC1C(=O)O.CC(=O)Oc1c(Cc2ccc([N+](=O)[O-])cc2)cccc1C(=O)O. The molecule has 0 radical (unpaired) electrons. The van der Waals surface area contributed by atoms with Crippen molar-refractivity contribution in [1.82, 2.24) is 0 Å². The predicted octanol–water partition coefficient (Wildman–Crippen LogP) is 5.08. The Morgan fingerprint density at radius 2 is 1.39 bits per heavy atom. The molecule has 46 heavy (non-hydrogen) atoms. The summed E-state index contributed by atoms with van der Waals surface area (Å²) >= 11 is 0. The molecule has 14 nitrogen and oxygen atoms in total. The van der Waals surface area contributed by atoms with E-state index in [4.69, 9.17) is 9.47 Å². The van der Waals surface area contributed by atoms with Gasteiger partial charge in [-0.15, -0.1) is 0 Å². The van der Waals surface area contributed by atoms with E-state index in [1.165, 1.54) is 68.5 Å². The van der Waals surface area contributed by atoms with E-state index in [2.05, 4.69) is 0 Å². The maximum Gasteiger partial charge on any atom is 0.339 e. The molecule has 0 aromatic heterocycles. The first-order chi connectivity index (χ1) is 21.7. The van der Waals surface area contributed by atoms with Gasteiger partial charge in [0.05, 0.1) is 16.5 Å². The minimum atomic E-state index is -1.58. The number of rotatable bonds is 11. The van der Waals surface area contributed by atoms with Crippen LogP contribution in [0.2, 0.25) is 0 Å². The van der Waals surface area contributed by atoms with Crippen LogP contribution < -0.4 is 4.74 Å². The van der Waals surface area contributed by atoms with Crippen LogP contribution in [0.25, 0.3) is 0 Å². The first kappa shape index (κ1) is 34.5. The van der Waals surface area contributed by atoms with Crippen LogP contribution in [-0.4, -0.2) is 49.4 Å². The molecule has 1 aliphatic rings. The number of nitrogens with zero attached hydrogens (tertiary/aromatic N) is 2.